The zero-order chi connectivity index (χ0) is 16.0. The fourth-order valence-corrected chi connectivity index (χ4v) is 1.72. The van der Waals surface area contributed by atoms with Crippen molar-refractivity contribution < 1.29 is 24.2 Å². The summed E-state index contributed by atoms with van der Waals surface area (Å²) in [4.78, 5) is 34.0. The van der Waals surface area contributed by atoms with Gasteiger partial charge in [-0.3, -0.25) is 9.59 Å². The standard InChI is InChI=1S/C15H17NO5/c1-9(8-10(2)17)16-14(15(20)21-11(3)18)12-4-6-13(19)7-5-12/h4-8,14,16,19H,1-3H3/b9-8+. The molecule has 0 aliphatic carbocycles. The first kappa shape index (κ1) is 16.4. The summed E-state index contributed by atoms with van der Waals surface area (Å²) in [6.07, 6.45) is 1.33. The molecule has 6 heteroatoms. The number of ketones is 1. The molecule has 0 saturated heterocycles. The van der Waals surface area contributed by atoms with E-state index in [-0.39, 0.29) is 11.5 Å². The number of aromatic hydroxyl groups is 1. The highest BCUT2D eigenvalue weighted by Gasteiger charge is 2.23. The highest BCUT2D eigenvalue weighted by atomic mass is 16.6. The Labute approximate surface area is 122 Å². The van der Waals surface area contributed by atoms with Gasteiger partial charge in [-0.2, -0.15) is 0 Å². The Kier molecular flexibility index (Phi) is 5.66. The molecule has 0 amide bonds. The van der Waals surface area contributed by atoms with Crippen LogP contribution < -0.4 is 5.32 Å². The van der Waals surface area contributed by atoms with E-state index < -0.39 is 18.0 Å². The highest BCUT2D eigenvalue weighted by molar-refractivity contribution is 5.89. The summed E-state index contributed by atoms with van der Waals surface area (Å²) in [6.45, 7) is 4.13. The van der Waals surface area contributed by atoms with Crippen LogP contribution >= 0.6 is 0 Å². The lowest BCUT2D eigenvalue weighted by molar-refractivity contribution is -0.159. The van der Waals surface area contributed by atoms with E-state index in [1.54, 1.807) is 6.92 Å². The van der Waals surface area contributed by atoms with Crippen molar-refractivity contribution in [3.63, 3.8) is 0 Å². The number of esters is 2. The van der Waals surface area contributed by atoms with Gasteiger partial charge in [-0.25, -0.2) is 4.79 Å². The Morgan fingerprint density at radius 2 is 1.71 bits per heavy atom. The fourth-order valence-electron chi connectivity index (χ4n) is 1.72. The van der Waals surface area contributed by atoms with Gasteiger partial charge in [-0.15, -0.1) is 0 Å². The lowest BCUT2D eigenvalue weighted by Crippen LogP contribution is -2.30. The number of ether oxygens (including phenoxy) is 1. The van der Waals surface area contributed by atoms with Crippen molar-refractivity contribution in [2.24, 2.45) is 0 Å². The summed E-state index contributed by atoms with van der Waals surface area (Å²) in [5, 5.41) is 12.1. The van der Waals surface area contributed by atoms with Gasteiger partial charge >= 0.3 is 11.9 Å². The van der Waals surface area contributed by atoms with Crippen LogP contribution in [0.4, 0.5) is 0 Å². The van der Waals surface area contributed by atoms with E-state index in [4.69, 9.17) is 0 Å². The van der Waals surface area contributed by atoms with Gasteiger partial charge < -0.3 is 15.2 Å². The normalized spacial score (nSPS) is 12.4. The summed E-state index contributed by atoms with van der Waals surface area (Å²) >= 11 is 0. The Morgan fingerprint density at radius 1 is 1.14 bits per heavy atom. The third-order valence-corrected chi connectivity index (χ3v) is 2.50. The number of rotatable bonds is 5. The molecule has 0 bridgehead atoms. The molecule has 0 spiro atoms. The minimum Gasteiger partial charge on any atom is -0.508 e. The van der Waals surface area contributed by atoms with Crippen molar-refractivity contribution in [3.05, 3.63) is 41.6 Å². The second kappa shape index (κ2) is 7.23. The number of nitrogens with one attached hydrogen (secondary N) is 1. The molecular weight excluding hydrogens is 274 g/mol. The molecule has 0 fully saturated rings. The van der Waals surface area contributed by atoms with Crippen LogP contribution in [-0.2, 0) is 19.1 Å². The third kappa shape index (κ3) is 5.48. The summed E-state index contributed by atoms with van der Waals surface area (Å²) in [5.41, 5.74) is 0.955. The average Bonchev–Trinajstić information content (AvgIpc) is 2.35. The van der Waals surface area contributed by atoms with Gasteiger partial charge in [0.15, 0.2) is 11.8 Å². The number of hydrogen-bond acceptors (Lipinski definition) is 6. The SMILES string of the molecule is CC(=O)/C=C(\C)NC(C(=O)OC(C)=O)c1ccc(O)cc1. The average molecular weight is 291 g/mol. The van der Waals surface area contributed by atoms with E-state index in [9.17, 15) is 19.5 Å². The number of hydrogen-bond donors (Lipinski definition) is 2. The van der Waals surface area contributed by atoms with E-state index in [0.29, 0.717) is 11.3 Å². The molecule has 0 radical (unpaired) electrons. The third-order valence-electron chi connectivity index (χ3n) is 2.50. The molecule has 2 N–H and O–H groups in total. The summed E-state index contributed by atoms with van der Waals surface area (Å²) in [7, 11) is 0. The maximum absolute atomic E-state index is 12.0. The molecular formula is C15H17NO5. The molecule has 0 aliphatic rings. The van der Waals surface area contributed by atoms with Gasteiger partial charge in [0.2, 0.25) is 0 Å². The molecule has 21 heavy (non-hydrogen) atoms. The first-order valence-electron chi connectivity index (χ1n) is 6.26. The molecule has 112 valence electrons. The van der Waals surface area contributed by atoms with Crippen molar-refractivity contribution in [2.45, 2.75) is 26.8 Å². The molecule has 0 aromatic heterocycles. The predicted octanol–water partition coefficient (Wildman–Crippen LogP) is 1.61. The molecule has 1 aromatic carbocycles. The van der Waals surface area contributed by atoms with Crippen molar-refractivity contribution in [1.82, 2.24) is 5.32 Å². The van der Waals surface area contributed by atoms with Crippen LogP contribution in [0.5, 0.6) is 5.75 Å². The quantitative estimate of drug-likeness (QED) is 0.486. The van der Waals surface area contributed by atoms with E-state index in [0.717, 1.165) is 6.92 Å². The van der Waals surface area contributed by atoms with E-state index >= 15 is 0 Å². The zero-order valence-corrected chi connectivity index (χ0v) is 12.0. The number of phenolic OH excluding ortho intramolecular Hbond substituents is 1. The Morgan fingerprint density at radius 3 is 2.19 bits per heavy atom. The van der Waals surface area contributed by atoms with Gasteiger partial charge in [-0.05, 0) is 37.6 Å². The molecule has 0 aliphatic heterocycles. The van der Waals surface area contributed by atoms with Crippen LogP contribution in [0.2, 0.25) is 0 Å². The lowest BCUT2D eigenvalue weighted by atomic mass is 10.1. The highest BCUT2D eigenvalue weighted by Crippen LogP contribution is 2.19. The Hall–Kier alpha value is -2.63. The van der Waals surface area contributed by atoms with Crippen LogP contribution in [0.1, 0.15) is 32.4 Å². The fraction of sp³-hybridized carbons (Fsp3) is 0.267. The van der Waals surface area contributed by atoms with Crippen LogP contribution in [0.15, 0.2) is 36.0 Å². The molecule has 6 nitrogen and oxygen atoms in total. The van der Waals surface area contributed by atoms with Gasteiger partial charge in [-0.1, -0.05) is 12.1 Å². The summed E-state index contributed by atoms with van der Waals surface area (Å²) in [6, 6.07) is 4.92. The second-order valence-corrected chi connectivity index (χ2v) is 4.52. The summed E-state index contributed by atoms with van der Waals surface area (Å²) < 4.78 is 4.59. The van der Waals surface area contributed by atoms with E-state index in [1.165, 1.54) is 37.3 Å². The van der Waals surface area contributed by atoms with Gasteiger partial charge in [0.05, 0.1) is 0 Å². The van der Waals surface area contributed by atoms with E-state index in [2.05, 4.69) is 10.1 Å². The van der Waals surface area contributed by atoms with Gasteiger partial charge in [0.25, 0.3) is 0 Å². The Bertz CT molecular complexity index is 574. The number of benzene rings is 1. The predicted molar refractivity (Wildman–Crippen MR) is 75.2 cm³/mol. The molecule has 0 heterocycles. The van der Waals surface area contributed by atoms with Gasteiger partial charge in [0, 0.05) is 12.6 Å². The van der Waals surface area contributed by atoms with Crippen LogP contribution in [0, 0.1) is 0 Å². The minimum absolute atomic E-state index is 0.0495. The van der Waals surface area contributed by atoms with Gasteiger partial charge in [0.1, 0.15) is 5.75 Å². The molecule has 1 unspecified atom stereocenters. The lowest BCUT2D eigenvalue weighted by Gasteiger charge is -2.18. The van der Waals surface area contributed by atoms with Crippen molar-refractivity contribution in [3.8, 4) is 5.75 Å². The van der Waals surface area contributed by atoms with Crippen LogP contribution in [0.25, 0.3) is 0 Å². The topological polar surface area (TPSA) is 92.7 Å². The van der Waals surface area contributed by atoms with Crippen LogP contribution in [-0.4, -0.2) is 22.8 Å². The van der Waals surface area contributed by atoms with Crippen molar-refractivity contribution in [1.29, 1.82) is 0 Å². The van der Waals surface area contributed by atoms with Crippen molar-refractivity contribution >= 4 is 17.7 Å². The number of carbonyl (C=O) groups is 3. The monoisotopic (exact) mass is 291 g/mol. The molecule has 1 atom stereocenters. The smallest absolute Gasteiger partial charge is 0.340 e. The first-order chi connectivity index (χ1) is 9.79. The Balaban J connectivity index is 3.05. The number of phenols is 1. The maximum atomic E-state index is 12.0. The molecule has 0 saturated carbocycles. The number of allylic oxidation sites excluding steroid dienone is 2. The first-order valence-corrected chi connectivity index (χ1v) is 6.26. The second-order valence-electron chi connectivity index (χ2n) is 4.52. The van der Waals surface area contributed by atoms with E-state index in [1.807, 2.05) is 0 Å². The minimum atomic E-state index is -0.954. The van der Waals surface area contributed by atoms with Crippen molar-refractivity contribution in [2.75, 3.05) is 0 Å². The maximum Gasteiger partial charge on any atom is 0.340 e. The molecule has 1 aromatic rings. The zero-order valence-electron chi connectivity index (χ0n) is 12.0. The largest absolute Gasteiger partial charge is 0.508 e. The number of carbonyl (C=O) groups excluding carboxylic acids is 3. The van der Waals surface area contributed by atoms with Crippen LogP contribution in [0.3, 0.4) is 0 Å². The summed E-state index contributed by atoms with van der Waals surface area (Å²) in [5.74, 6) is -1.64. The molecule has 1 rings (SSSR count).